The fourth-order valence-corrected chi connectivity index (χ4v) is 3.44. The van der Waals surface area contributed by atoms with Crippen molar-refractivity contribution in [1.82, 2.24) is 5.32 Å². The monoisotopic (exact) mass is 326 g/mol. The van der Waals surface area contributed by atoms with Crippen molar-refractivity contribution < 1.29 is 5.11 Å². The second-order valence-corrected chi connectivity index (χ2v) is 6.05. The van der Waals surface area contributed by atoms with Crippen molar-refractivity contribution in [2.45, 2.75) is 38.3 Å². The van der Waals surface area contributed by atoms with Gasteiger partial charge in [0.15, 0.2) is 0 Å². The number of aliphatic hydroxyl groups excluding tert-OH is 1. The number of aliphatic hydroxyl groups is 1. The highest BCUT2D eigenvalue weighted by atomic mass is 79.9. The van der Waals surface area contributed by atoms with Crippen molar-refractivity contribution in [3.63, 3.8) is 0 Å². The van der Waals surface area contributed by atoms with Crippen LogP contribution in [0.25, 0.3) is 0 Å². The first-order valence-corrected chi connectivity index (χ1v) is 7.86. The van der Waals surface area contributed by atoms with E-state index >= 15 is 0 Å². The fourth-order valence-electron chi connectivity index (χ4n) is 2.78. The number of rotatable bonds is 4. The minimum atomic E-state index is 0.241. The first-order valence-electron chi connectivity index (χ1n) is 7.06. The van der Waals surface area contributed by atoms with Crippen molar-refractivity contribution in [2.24, 2.45) is 0 Å². The summed E-state index contributed by atoms with van der Waals surface area (Å²) in [5, 5.41) is 12.8. The largest absolute Gasteiger partial charge is 0.394 e. The lowest BCUT2D eigenvalue weighted by molar-refractivity contribution is 0.255. The molecule has 0 aliphatic carbocycles. The van der Waals surface area contributed by atoms with Gasteiger partial charge in [-0.15, -0.1) is 0 Å². The van der Waals surface area contributed by atoms with E-state index in [0.717, 1.165) is 24.0 Å². The third-order valence-corrected chi connectivity index (χ3v) is 4.43. The van der Waals surface area contributed by atoms with Crippen molar-refractivity contribution >= 4 is 21.6 Å². The number of benzene rings is 1. The van der Waals surface area contributed by atoms with Gasteiger partial charge in [0.25, 0.3) is 0 Å². The Morgan fingerprint density at radius 1 is 1.37 bits per heavy atom. The van der Waals surface area contributed by atoms with Gasteiger partial charge >= 0.3 is 0 Å². The molecule has 0 saturated carbocycles. The van der Waals surface area contributed by atoms with Crippen LogP contribution in [0.2, 0.25) is 0 Å². The maximum Gasteiger partial charge on any atom is 0.0635 e. The van der Waals surface area contributed by atoms with Gasteiger partial charge in [-0.05, 0) is 53.5 Å². The summed E-state index contributed by atoms with van der Waals surface area (Å²) < 4.78 is 1.13. The zero-order valence-electron chi connectivity index (χ0n) is 11.5. The second kappa shape index (κ2) is 7.27. The molecule has 1 aliphatic rings. The third kappa shape index (κ3) is 3.71. The zero-order chi connectivity index (χ0) is 13.7. The van der Waals surface area contributed by atoms with Gasteiger partial charge in [0.1, 0.15) is 0 Å². The molecule has 4 heteroatoms. The van der Waals surface area contributed by atoms with E-state index in [1.807, 2.05) is 7.05 Å². The van der Waals surface area contributed by atoms with Crippen molar-refractivity contribution in [2.75, 3.05) is 25.1 Å². The molecule has 1 unspecified atom stereocenters. The van der Waals surface area contributed by atoms with E-state index in [2.05, 4.69) is 44.3 Å². The van der Waals surface area contributed by atoms with Gasteiger partial charge in [0.2, 0.25) is 0 Å². The third-order valence-electron chi connectivity index (χ3n) is 3.79. The van der Waals surface area contributed by atoms with Crippen LogP contribution in [0.3, 0.4) is 0 Å². The predicted molar refractivity (Wildman–Crippen MR) is 83.6 cm³/mol. The molecule has 19 heavy (non-hydrogen) atoms. The minimum absolute atomic E-state index is 0.241. The van der Waals surface area contributed by atoms with Crippen molar-refractivity contribution in [3.8, 4) is 0 Å². The highest BCUT2D eigenvalue weighted by molar-refractivity contribution is 9.10. The van der Waals surface area contributed by atoms with Crippen molar-refractivity contribution in [1.29, 1.82) is 0 Å². The van der Waals surface area contributed by atoms with Crippen LogP contribution < -0.4 is 10.2 Å². The molecule has 1 atom stereocenters. The lowest BCUT2D eigenvalue weighted by atomic mass is 10.1. The molecule has 2 N–H and O–H groups in total. The van der Waals surface area contributed by atoms with Gasteiger partial charge in [-0.2, -0.15) is 0 Å². The first kappa shape index (κ1) is 14.8. The summed E-state index contributed by atoms with van der Waals surface area (Å²) in [7, 11) is 1.96. The molecular formula is C15H23BrN2O. The molecule has 1 heterocycles. The Kier molecular flexibility index (Phi) is 5.67. The van der Waals surface area contributed by atoms with Crippen LogP contribution in [0.5, 0.6) is 0 Å². The lowest BCUT2D eigenvalue weighted by Crippen LogP contribution is -2.37. The van der Waals surface area contributed by atoms with Crippen LogP contribution in [0, 0.1) is 0 Å². The molecule has 1 saturated heterocycles. The quantitative estimate of drug-likeness (QED) is 0.893. The van der Waals surface area contributed by atoms with E-state index in [4.69, 9.17) is 0 Å². The summed E-state index contributed by atoms with van der Waals surface area (Å²) in [5.41, 5.74) is 2.48. The number of halogens is 1. The van der Waals surface area contributed by atoms with Gasteiger partial charge in [-0.25, -0.2) is 0 Å². The summed E-state index contributed by atoms with van der Waals surface area (Å²) in [6.07, 6.45) is 4.78. The maximum atomic E-state index is 9.61. The van der Waals surface area contributed by atoms with E-state index in [0.29, 0.717) is 0 Å². The van der Waals surface area contributed by atoms with E-state index in [1.165, 1.54) is 30.5 Å². The summed E-state index contributed by atoms with van der Waals surface area (Å²) in [4.78, 5) is 2.36. The second-order valence-electron chi connectivity index (χ2n) is 5.20. The average molecular weight is 327 g/mol. The van der Waals surface area contributed by atoms with Crippen LogP contribution >= 0.6 is 15.9 Å². The molecule has 1 aromatic rings. The first-order chi connectivity index (χ1) is 9.26. The molecule has 1 aromatic carbocycles. The molecule has 0 spiro atoms. The molecular weight excluding hydrogens is 304 g/mol. The Bertz CT molecular complexity index is 411. The number of hydrogen-bond acceptors (Lipinski definition) is 3. The van der Waals surface area contributed by atoms with Crippen LogP contribution in [0.4, 0.5) is 5.69 Å². The highest BCUT2D eigenvalue weighted by Crippen LogP contribution is 2.31. The molecule has 1 aliphatic heterocycles. The van der Waals surface area contributed by atoms with Crippen LogP contribution in [0.15, 0.2) is 22.7 Å². The maximum absolute atomic E-state index is 9.61. The van der Waals surface area contributed by atoms with Crippen LogP contribution in [-0.2, 0) is 6.54 Å². The topological polar surface area (TPSA) is 35.5 Å². The Hall–Kier alpha value is -0.580. The number of anilines is 1. The molecule has 0 amide bonds. The van der Waals surface area contributed by atoms with Gasteiger partial charge < -0.3 is 15.3 Å². The smallest absolute Gasteiger partial charge is 0.0635 e. The van der Waals surface area contributed by atoms with Gasteiger partial charge in [0, 0.05) is 17.6 Å². The molecule has 106 valence electrons. The number of nitrogens with zero attached hydrogens (tertiary/aromatic N) is 1. The van der Waals surface area contributed by atoms with Gasteiger partial charge in [-0.3, -0.25) is 0 Å². The molecule has 0 radical (unpaired) electrons. The Balaban J connectivity index is 2.23. The molecule has 0 bridgehead atoms. The van der Waals surface area contributed by atoms with Gasteiger partial charge in [0.05, 0.1) is 18.3 Å². The Labute approximate surface area is 124 Å². The van der Waals surface area contributed by atoms with Crippen molar-refractivity contribution in [3.05, 3.63) is 28.2 Å². The molecule has 1 fully saturated rings. The molecule has 2 rings (SSSR count). The van der Waals surface area contributed by atoms with E-state index in [1.54, 1.807) is 0 Å². The summed E-state index contributed by atoms with van der Waals surface area (Å²) in [5.74, 6) is 0. The van der Waals surface area contributed by atoms with E-state index in [9.17, 15) is 5.11 Å². The average Bonchev–Trinajstić information content (AvgIpc) is 2.64. The predicted octanol–water partition coefficient (Wildman–Crippen LogP) is 2.91. The Morgan fingerprint density at radius 3 is 2.89 bits per heavy atom. The number of nitrogens with one attached hydrogen (secondary N) is 1. The summed E-state index contributed by atoms with van der Waals surface area (Å²) >= 11 is 3.68. The van der Waals surface area contributed by atoms with E-state index < -0.39 is 0 Å². The highest BCUT2D eigenvalue weighted by Gasteiger charge is 2.22. The summed E-state index contributed by atoms with van der Waals surface area (Å²) in [6.45, 7) is 2.15. The standard InChI is InChI=1S/C15H23BrN2O/c1-17-10-12-6-7-15(14(16)9-12)18-8-4-2-3-5-13(18)11-19/h6-7,9,13,17,19H,2-5,8,10-11H2,1H3. The lowest BCUT2D eigenvalue weighted by Gasteiger charge is -2.31. The normalized spacial score (nSPS) is 20.4. The number of hydrogen-bond donors (Lipinski definition) is 2. The van der Waals surface area contributed by atoms with Gasteiger partial charge in [-0.1, -0.05) is 18.9 Å². The summed E-state index contributed by atoms with van der Waals surface area (Å²) in [6, 6.07) is 6.76. The molecule has 3 nitrogen and oxygen atoms in total. The minimum Gasteiger partial charge on any atom is -0.394 e. The zero-order valence-corrected chi connectivity index (χ0v) is 13.1. The van der Waals surface area contributed by atoms with Crippen LogP contribution in [0.1, 0.15) is 31.2 Å². The fraction of sp³-hybridized carbons (Fsp3) is 0.600. The SMILES string of the molecule is CNCc1ccc(N2CCCCCC2CO)c(Br)c1. The molecule has 0 aromatic heterocycles. The Morgan fingerprint density at radius 2 is 2.21 bits per heavy atom. The van der Waals surface area contributed by atoms with Crippen LogP contribution in [-0.4, -0.2) is 31.3 Å². The van der Waals surface area contributed by atoms with E-state index in [-0.39, 0.29) is 12.6 Å².